The predicted molar refractivity (Wildman–Crippen MR) is 101 cm³/mol. The first-order chi connectivity index (χ1) is 12.4. The summed E-state index contributed by atoms with van der Waals surface area (Å²) in [6, 6.07) is 26.7. The van der Waals surface area contributed by atoms with Crippen LogP contribution in [0.3, 0.4) is 0 Å². The van der Waals surface area contributed by atoms with Gasteiger partial charge in [-0.3, -0.25) is 0 Å². The van der Waals surface area contributed by atoms with E-state index < -0.39 is 0 Å². The van der Waals surface area contributed by atoms with Gasteiger partial charge in [0.1, 0.15) is 5.75 Å². The number of imidazole rings is 1. The zero-order valence-corrected chi connectivity index (χ0v) is 13.9. The van der Waals surface area contributed by atoms with Crippen LogP contribution in [0.2, 0.25) is 0 Å². The molecule has 122 valence electrons. The summed E-state index contributed by atoms with van der Waals surface area (Å²) >= 11 is 0. The second-order valence-corrected chi connectivity index (χ2v) is 5.77. The molecule has 25 heavy (non-hydrogen) atoms. The number of ether oxygens (including phenoxy) is 1. The average Bonchev–Trinajstić information content (AvgIpc) is 3.18. The maximum absolute atomic E-state index is 5.46. The molecular formula is C22H18N2O. The minimum Gasteiger partial charge on any atom is -0.496 e. The molecular weight excluding hydrogens is 308 g/mol. The summed E-state index contributed by atoms with van der Waals surface area (Å²) in [7, 11) is 1.70. The van der Waals surface area contributed by atoms with Crippen LogP contribution in [0.5, 0.6) is 5.75 Å². The Morgan fingerprint density at radius 2 is 1.40 bits per heavy atom. The van der Waals surface area contributed by atoms with Crippen molar-refractivity contribution in [3.8, 4) is 39.4 Å². The van der Waals surface area contributed by atoms with Crippen LogP contribution in [0.15, 0.2) is 85.2 Å². The van der Waals surface area contributed by atoms with Crippen LogP contribution < -0.4 is 4.74 Å². The van der Waals surface area contributed by atoms with Crippen molar-refractivity contribution in [1.82, 2.24) is 9.97 Å². The fourth-order valence-electron chi connectivity index (χ4n) is 3.03. The Hall–Kier alpha value is -3.33. The number of aromatic nitrogens is 2. The van der Waals surface area contributed by atoms with Gasteiger partial charge in [-0.1, -0.05) is 72.8 Å². The molecule has 3 heteroatoms. The summed E-state index contributed by atoms with van der Waals surface area (Å²) in [5, 5.41) is 0. The normalized spacial score (nSPS) is 10.6. The van der Waals surface area contributed by atoms with Gasteiger partial charge in [-0.25, -0.2) is 4.98 Å². The number of methoxy groups -OCH3 is 1. The van der Waals surface area contributed by atoms with E-state index in [1.54, 1.807) is 13.4 Å². The minimum absolute atomic E-state index is 0.877. The maximum Gasteiger partial charge on any atom is 0.126 e. The molecule has 0 spiro atoms. The Morgan fingerprint density at radius 3 is 2.16 bits per heavy atom. The van der Waals surface area contributed by atoms with Crippen LogP contribution in [0.1, 0.15) is 0 Å². The van der Waals surface area contributed by atoms with Gasteiger partial charge in [-0.2, -0.15) is 0 Å². The Labute approximate surface area is 147 Å². The SMILES string of the molecule is COc1ccccc1-c1ccc(-c2[nH]cnc2-c2ccccc2)cc1. The van der Waals surface area contributed by atoms with E-state index in [0.717, 1.165) is 39.4 Å². The molecule has 1 heterocycles. The molecule has 0 unspecified atom stereocenters. The van der Waals surface area contributed by atoms with Crippen LogP contribution in [0, 0.1) is 0 Å². The van der Waals surface area contributed by atoms with Gasteiger partial charge >= 0.3 is 0 Å². The Kier molecular flexibility index (Phi) is 4.05. The van der Waals surface area contributed by atoms with Gasteiger partial charge in [0.05, 0.1) is 24.8 Å². The number of hydrogen-bond donors (Lipinski definition) is 1. The summed E-state index contributed by atoms with van der Waals surface area (Å²) in [6.07, 6.45) is 1.74. The van der Waals surface area contributed by atoms with E-state index in [4.69, 9.17) is 4.74 Å². The second kappa shape index (κ2) is 6.65. The zero-order chi connectivity index (χ0) is 17.1. The molecule has 4 aromatic rings. The van der Waals surface area contributed by atoms with Crippen molar-refractivity contribution in [2.45, 2.75) is 0 Å². The lowest BCUT2D eigenvalue weighted by atomic mass is 10.00. The molecule has 4 rings (SSSR count). The lowest BCUT2D eigenvalue weighted by Crippen LogP contribution is -1.88. The fourth-order valence-corrected chi connectivity index (χ4v) is 3.03. The highest BCUT2D eigenvalue weighted by Crippen LogP contribution is 2.33. The molecule has 0 saturated carbocycles. The molecule has 3 nitrogen and oxygen atoms in total. The Morgan fingerprint density at radius 1 is 0.720 bits per heavy atom. The third-order valence-corrected chi connectivity index (χ3v) is 4.28. The third-order valence-electron chi connectivity index (χ3n) is 4.28. The van der Waals surface area contributed by atoms with E-state index in [0.29, 0.717) is 0 Å². The van der Waals surface area contributed by atoms with Crippen molar-refractivity contribution in [3.63, 3.8) is 0 Å². The fraction of sp³-hybridized carbons (Fsp3) is 0.0455. The molecule has 0 fully saturated rings. The molecule has 0 atom stereocenters. The van der Waals surface area contributed by atoms with E-state index >= 15 is 0 Å². The summed E-state index contributed by atoms with van der Waals surface area (Å²) in [6.45, 7) is 0. The molecule has 0 aliphatic heterocycles. The first-order valence-corrected chi connectivity index (χ1v) is 8.19. The van der Waals surface area contributed by atoms with E-state index in [1.165, 1.54) is 0 Å². The highest BCUT2D eigenvalue weighted by Gasteiger charge is 2.11. The van der Waals surface area contributed by atoms with Crippen LogP contribution in [-0.4, -0.2) is 17.1 Å². The minimum atomic E-state index is 0.877. The second-order valence-electron chi connectivity index (χ2n) is 5.77. The number of hydrogen-bond acceptors (Lipinski definition) is 2. The number of nitrogens with zero attached hydrogens (tertiary/aromatic N) is 1. The Bertz CT molecular complexity index is 972. The van der Waals surface area contributed by atoms with Crippen LogP contribution >= 0.6 is 0 Å². The van der Waals surface area contributed by atoms with Crippen molar-refractivity contribution in [3.05, 3.63) is 85.2 Å². The molecule has 0 aliphatic carbocycles. The maximum atomic E-state index is 5.46. The monoisotopic (exact) mass is 326 g/mol. The summed E-state index contributed by atoms with van der Waals surface area (Å²) < 4.78 is 5.46. The smallest absolute Gasteiger partial charge is 0.126 e. The van der Waals surface area contributed by atoms with Crippen LogP contribution in [0.25, 0.3) is 33.6 Å². The molecule has 0 saturated heterocycles. The van der Waals surface area contributed by atoms with Gasteiger partial charge < -0.3 is 9.72 Å². The highest BCUT2D eigenvalue weighted by molar-refractivity contribution is 5.80. The number of aromatic amines is 1. The molecule has 0 amide bonds. The van der Waals surface area contributed by atoms with E-state index in [9.17, 15) is 0 Å². The lowest BCUT2D eigenvalue weighted by Gasteiger charge is -2.09. The van der Waals surface area contributed by atoms with Gasteiger partial charge in [0, 0.05) is 16.7 Å². The molecule has 3 aromatic carbocycles. The number of para-hydroxylation sites is 1. The quantitative estimate of drug-likeness (QED) is 0.544. The van der Waals surface area contributed by atoms with E-state index in [-0.39, 0.29) is 0 Å². The molecule has 0 radical (unpaired) electrons. The van der Waals surface area contributed by atoms with E-state index in [1.807, 2.05) is 36.4 Å². The Balaban J connectivity index is 1.72. The molecule has 0 bridgehead atoms. The zero-order valence-electron chi connectivity index (χ0n) is 13.9. The standard InChI is InChI=1S/C22H18N2O/c1-25-20-10-6-5-9-19(20)16-11-13-18(14-12-16)22-21(23-15-24-22)17-7-3-2-4-8-17/h2-15H,1H3,(H,23,24). The van der Waals surface area contributed by atoms with Crippen molar-refractivity contribution < 1.29 is 4.74 Å². The van der Waals surface area contributed by atoms with Gasteiger partial charge in [-0.05, 0) is 11.6 Å². The van der Waals surface area contributed by atoms with Gasteiger partial charge in [-0.15, -0.1) is 0 Å². The summed E-state index contributed by atoms with van der Waals surface area (Å²) in [5.74, 6) is 0.877. The predicted octanol–water partition coefficient (Wildman–Crippen LogP) is 5.42. The topological polar surface area (TPSA) is 37.9 Å². The third kappa shape index (κ3) is 2.92. The number of nitrogens with one attached hydrogen (secondary N) is 1. The number of H-pyrrole nitrogens is 1. The lowest BCUT2D eigenvalue weighted by molar-refractivity contribution is 0.416. The highest BCUT2D eigenvalue weighted by atomic mass is 16.5. The number of benzene rings is 3. The summed E-state index contributed by atoms with van der Waals surface area (Å²) in [5.41, 5.74) is 6.41. The summed E-state index contributed by atoms with van der Waals surface area (Å²) in [4.78, 5) is 7.76. The van der Waals surface area contributed by atoms with Crippen molar-refractivity contribution >= 4 is 0 Å². The van der Waals surface area contributed by atoms with Gasteiger partial charge in [0.2, 0.25) is 0 Å². The molecule has 1 aromatic heterocycles. The van der Waals surface area contributed by atoms with Crippen molar-refractivity contribution in [1.29, 1.82) is 0 Å². The first-order valence-electron chi connectivity index (χ1n) is 8.19. The largest absolute Gasteiger partial charge is 0.496 e. The van der Waals surface area contributed by atoms with E-state index in [2.05, 4.69) is 52.4 Å². The number of rotatable bonds is 4. The van der Waals surface area contributed by atoms with Crippen molar-refractivity contribution in [2.75, 3.05) is 7.11 Å². The first kappa shape index (κ1) is 15.2. The van der Waals surface area contributed by atoms with Gasteiger partial charge in [0.25, 0.3) is 0 Å². The van der Waals surface area contributed by atoms with Crippen LogP contribution in [-0.2, 0) is 0 Å². The average molecular weight is 326 g/mol. The van der Waals surface area contributed by atoms with Crippen molar-refractivity contribution in [2.24, 2.45) is 0 Å². The van der Waals surface area contributed by atoms with Gasteiger partial charge in [0.15, 0.2) is 0 Å². The molecule has 1 N–H and O–H groups in total. The molecule has 0 aliphatic rings. The van der Waals surface area contributed by atoms with Crippen LogP contribution in [0.4, 0.5) is 0 Å².